The minimum Gasteiger partial charge on any atom is -0.545 e. The average molecular weight is 616 g/mol. The Kier molecular flexibility index (Phi) is 19.4. The van der Waals surface area contributed by atoms with Crippen LogP contribution in [0.25, 0.3) is 0 Å². The van der Waals surface area contributed by atoms with E-state index >= 15 is 0 Å². The molecule has 0 aliphatic carbocycles. The number of nitrogens with zero attached hydrogens (tertiary/aromatic N) is 4. The molecule has 4 aromatic heterocycles. The van der Waals surface area contributed by atoms with Crippen LogP contribution in [0.1, 0.15) is 41.4 Å². The maximum atomic E-state index is 10.0. The molecule has 0 aliphatic heterocycles. The Balaban J connectivity index is 0. The molecular weight excluding hydrogens is 599 g/mol. The molecule has 4 heterocycles. The largest absolute Gasteiger partial charge is 2.00 e. The Hall–Kier alpha value is -4.48. The van der Waals surface area contributed by atoms with Crippen molar-refractivity contribution in [2.75, 3.05) is 0 Å². The number of hydrogen-bond acceptors (Lipinski definition) is 12. The summed E-state index contributed by atoms with van der Waals surface area (Å²) in [5.74, 6) is -4.77. The third-order valence-electron chi connectivity index (χ3n) is 3.59. The summed E-state index contributed by atoms with van der Waals surface area (Å²) < 4.78 is 0. The van der Waals surface area contributed by atoms with Crippen LogP contribution >= 0.6 is 0 Å². The molecule has 0 saturated heterocycles. The van der Waals surface area contributed by atoms with E-state index in [9.17, 15) is 39.6 Å². The zero-order valence-corrected chi connectivity index (χ0v) is 20.8. The Morgan fingerprint density at radius 1 is 0.421 bits per heavy atom. The van der Waals surface area contributed by atoms with Crippen LogP contribution in [0.3, 0.4) is 0 Å². The van der Waals surface area contributed by atoms with Gasteiger partial charge in [0, 0.05) is 71.8 Å². The molecule has 4 rings (SSSR count). The molecular formula is C24H16Cu2N4O8. The van der Waals surface area contributed by atoms with E-state index in [1.165, 1.54) is 73.8 Å². The number of aromatic carboxylic acids is 4. The second kappa shape index (κ2) is 20.7. The molecule has 0 N–H and O–H groups in total. The number of carbonyl (C=O) groups excluding carboxylic acids is 4. The molecule has 12 nitrogen and oxygen atoms in total. The molecule has 0 fully saturated rings. The second-order valence-corrected chi connectivity index (χ2v) is 6.12. The number of aromatic nitrogens is 4. The molecule has 0 spiro atoms. The molecule has 0 unspecified atom stereocenters. The van der Waals surface area contributed by atoms with Gasteiger partial charge in [-0.25, -0.2) is 0 Å². The van der Waals surface area contributed by atoms with Crippen molar-refractivity contribution in [2.24, 2.45) is 0 Å². The number of pyridine rings is 4. The molecule has 4 aromatic rings. The number of carboxylic acids is 4. The van der Waals surface area contributed by atoms with Crippen molar-refractivity contribution < 1.29 is 73.7 Å². The Bertz CT molecular complexity index is 1040. The van der Waals surface area contributed by atoms with Crippen LogP contribution in [0.5, 0.6) is 0 Å². The Morgan fingerprint density at radius 2 is 0.605 bits per heavy atom. The van der Waals surface area contributed by atoms with Gasteiger partial charge in [-0.2, -0.15) is 0 Å². The van der Waals surface area contributed by atoms with Gasteiger partial charge in [-0.15, -0.1) is 0 Å². The summed E-state index contributed by atoms with van der Waals surface area (Å²) in [5, 5.41) is 40.2. The standard InChI is InChI=1S/4C6H5NO2.2Cu/c4*8-6(9)5-2-1-3-7-4-5;;/h4*1-4H,(H,8,9);;/q;;;;2*+2/p-4. The molecule has 202 valence electrons. The predicted octanol–water partition coefficient (Wildman–Crippen LogP) is -2.22. The van der Waals surface area contributed by atoms with Crippen molar-refractivity contribution in [2.45, 2.75) is 0 Å². The van der Waals surface area contributed by atoms with Gasteiger partial charge in [0.1, 0.15) is 0 Å². The molecule has 14 heteroatoms. The van der Waals surface area contributed by atoms with Gasteiger partial charge < -0.3 is 39.6 Å². The van der Waals surface area contributed by atoms with Crippen LogP contribution in [0.15, 0.2) is 98.1 Å². The molecule has 2 radical (unpaired) electrons. The molecule has 38 heavy (non-hydrogen) atoms. The van der Waals surface area contributed by atoms with E-state index in [0.717, 1.165) is 0 Å². The fraction of sp³-hybridized carbons (Fsp3) is 0. The van der Waals surface area contributed by atoms with Gasteiger partial charge in [0.25, 0.3) is 0 Å². The molecule has 0 atom stereocenters. The fourth-order valence-electron chi connectivity index (χ4n) is 1.93. The van der Waals surface area contributed by atoms with Gasteiger partial charge in [0.05, 0.1) is 23.9 Å². The van der Waals surface area contributed by atoms with Crippen LogP contribution in [-0.4, -0.2) is 43.8 Å². The van der Waals surface area contributed by atoms with E-state index in [-0.39, 0.29) is 56.4 Å². The van der Waals surface area contributed by atoms with E-state index in [1.54, 1.807) is 24.3 Å². The summed E-state index contributed by atoms with van der Waals surface area (Å²) in [4.78, 5) is 54.5. The maximum absolute atomic E-state index is 10.0. The van der Waals surface area contributed by atoms with Crippen LogP contribution in [0, 0.1) is 0 Å². The van der Waals surface area contributed by atoms with Gasteiger partial charge in [0.2, 0.25) is 0 Å². The monoisotopic (exact) mass is 614 g/mol. The molecule has 0 aliphatic rings. The van der Waals surface area contributed by atoms with Gasteiger partial charge in [-0.05, 0) is 24.3 Å². The number of carboxylic acid groups (broad SMARTS) is 4. The minimum absolute atomic E-state index is 0. The molecule has 0 saturated carbocycles. The topological polar surface area (TPSA) is 212 Å². The van der Waals surface area contributed by atoms with Crippen LogP contribution in [0.4, 0.5) is 0 Å². The summed E-state index contributed by atoms with van der Waals surface area (Å²) in [6.07, 6.45) is 11.0. The van der Waals surface area contributed by atoms with E-state index in [2.05, 4.69) is 19.9 Å². The Morgan fingerprint density at radius 3 is 0.684 bits per heavy atom. The first-order valence-corrected chi connectivity index (χ1v) is 9.67. The first kappa shape index (κ1) is 35.7. The number of rotatable bonds is 4. The van der Waals surface area contributed by atoms with Crippen molar-refractivity contribution in [1.29, 1.82) is 0 Å². The minimum atomic E-state index is -1.19. The maximum Gasteiger partial charge on any atom is 2.00 e. The van der Waals surface area contributed by atoms with Gasteiger partial charge >= 0.3 is 34.1 Å². The van der Waals surface area contributed by atoms with Gasteiger partial charge in [-0.1, -0.05) is 24.3 Å². The number of carbonyl (C=O) groups is 4. The van der Waals surface area contributed by atoms with Gasteiger partial charge in [0.15, 0.2) is 0 Å². The van der Waals surface area contributed by atoms with Gasteiger partial charge in [-0.3, -0.25) is 19.9 Å². The SMILES string of the molecule is O=C([O-])c1cccnc1.O=C([O-])c1cccnc1.O=C([O-])c1cccnc1.O=C([O-])c1cccnc1.[Cu+2].[Cu+2]. The quantitative estimate of drug-likeness (QED) is 0.223. The zero-order chi connectivity index (χ0) is 26.8. The third-order valence-corrected chi connectivity index (χ3v) is 3.59. The average Bonchev–Trinajstić information content (AvgIpc) is 2.92. The summed E-state index contributed by atoms with van der Waals surface area (Å²) >= 11 is 0. The smallest absolute Gasteiger partial charge is 0.545 e. The van der Waals surface area contributed by atoms with Crippen LogP contribution in [0.2, 0.25) is 0 Å². The predicted molar refractivity (Wildman–Crippen MR) is 114 cm³/mol. The zero-order valence-electron chi connectivity index (χ0n) is 18.9. The van der Waals surface area contributed by atoms with Crippen molar-refractivity contribution in [1.82, 2.24) is 19.9 Å². The van der Waals surface area contributed by atoms with Crippen molar-refractivity contribution >= 4 is 23.9 Å². The first-order valence-electron chi connectivity index (χ1n) is 9.67. The van der Waals surface area contributed by atoms with Crippen molar-refractivity contribution in [3.63, 3.8) is 0 Å². The number of hydrogen-bond donors (Lipinski definition) is 0. The van der Waals surface area contributed by atoms with E-state index in [4.69, 9.17) is 0 Å². The third kappa shape index (κ3) is 15.5. The summed E-state index contributed by atoms with van der Waals surface area (Å²) in [6.45, 7) is 0. The van der Waals surface area contributed by atoms with E-state index in [1.807, 2.05) is 0 Å². The van der Waals surface area contributed by atoms with Crippen molar-refractivity contribution in [3.05, 3.63) is 120 Å². The van der Waals surface area contributed by atoms with Crippen LogP contribution in [-0.2, 0) is 34.1 Å². The summed E-state index contributed by atoms with van der Waals surface area (Å²) in [7, 11) is 0. The van der Waals surface area contributed by atoms with Crippen molar-refractivity contribution in [3.8, 4) is 0 Å². The molecule has 0 aromatic carbocycles. The molecule has 0 amide bonds. The molecule has 0 bridgehead atoms. The Labute approximate surface area is 237 Å². The van der Waals surface area contributed by atoms with E-state index < -0.39 is 23.9 Å². The fourth-order valence-corrected chi connectivity index (χ4v) is 1.93. The van der Waals surface area contributed by atoms with Crippen LogP contribution < -0.4 is 20.4 Å². The second-order valence-electron chi connectivity index (χ2n) is 6.12. The van der Waals surface area contributed by atoms with E-state index in [0.29, 0.717) is 0 Å². The first-order chi connectivity index (χ1) is 17.2. The summed E-state index contributed by atoms with van der Waals surface area (Å²) in [6, 6.07) is 11.9. The normalized spacial score (nSPS) is 8.42. The summed E-state index contributed by atoms with van der Waals surface area (Å²) in [5.41, 5.74) is 0.435.